The van der Waals surface area contributed by atoms with Crippen molar-refractivity contribution in [1.29, 1.82) is 0 Å². The number of hydrogen-bond donors (Lipinski definition) is 1. The normalized spacial score (nSPS) is 16.9. The van der Waals surface area contributed by atoms with E-state index in [-0.39, 0.29) is 11.3 Å². The first-order valence-corrected chi connectivity index (χ1v) is 7.98. The van der Waals surface area contributed by atoms with Gasteiger partial charge < -0.3 is 5.32 Å². The van der Waals surface area contributed by atoms with E-state index in [4.69, 9.17) is 11.6 Å². The zero-order valence-electron chi connectivity index (χ0n) is 12.1. The number of benzene rings is 1. The molecule has 1 aromatic carbocycles. The van der Waals surface area contributed by atoms with Gasteiger partial charge in [0.15, 0.2) is 0 Å². The molecule has 112 valence electrons. The molecule has 0 radical (unpaired) electrons. The summed E-state index contributed by atoms with van der Waals surface area (Å²) < 4.78 is 0. The van der Waals surface area contributed by atoms with Crippen molar-refractivity contribution in [2.75, 3.05) is 0 Å². The van der Waals surface area contributed by atoms with Crippen molar-refractivity contribution in [3.63, 3.8) is 0 Å². The summed E-state index contributed by atoms with van der Waals surface area (Å²) in [4.78, 5) is 16.3. The van der Waals surface area contributed by atoms with Crippen LogP contribution >= 0.6 is 23.8 Å². The number of aliphatic imine (C=N–C) groups is 1. The van der Waals surface area contributed by atoms with E-state index in [0.717, 1.165) is 31.2 Å². The number of halogens is 1. The average molecular weight is 323 g/mol. The SMILES string of the molecule is CC1(C(=O)NCc2ccc(Cl)c(N=C=S)c2)CCCCC1. The summed E-state index contributed by atoms with van der Waals surface area (Å²) in [6.07, 6.45) is 5.45. The van der Waals surface area contributed by atoms with Gasteiger partial charge in [-0.2, -0.15) is 4.99 Å². The van der Waals surface area contributed by atoms with Crippen LogP contribution in [0.3, 0.4) is 0 Å². The van der Waals surface area contributed by atoms with Crippen LogP contribution in [0.1, 0.15) is 44.6 Å². The first kappa shape index (κ1) is 16.2. The number of isothiocyanates is 1. The molecule has 3 nitrogen and oxygen atoms in total. The maximum absolute atomic E-state index is 12.4. The lowest BCUT2D eigenvalue weighted by atomic mass is 9.75. The standard InChI is InChI=1S/C16H19ClN2OS/c1-16(7-3-2-4-8-16)15(20)18-10-12-5-6-13(17)14(9-12)19-11-21/h5-6,9H,2-4,7-8,10H2,1H3,(H,18,20). The zero-order chi connectivity index (χ0) is 15.3. The van der Waals surface area contributed by atoms with Crippen LogP contribution < -0.4 is 5.32 Å². The molecule has 0 aliphatic heterocycles. The fraction of sp³-hybridized carbons (Fsp3) is 0.500. The smallest absolute Gasteiger partial charge is 0.226 e. The average Bonchev–Trinajstić information content (AvgIpc) is 2.48. The van der Waals surface area contributed by atoms with Gasteiger partial charge in [-0.15, -0.1) is 0 Å². The third-order valence-corrected chi connectivity index (χ3v) is 4.55. The van der Waals surface area contributed by atoms with Crippen LogP contribution in [0.15, 0.2) is 23.2 Å². The van der Waals surface area contributed by atoms with Crippen LogP contribution in [0.25, 0.3) is 0 Å². The Morgan fingerprint density at radius 1 is 1.43 bits per heavy atom. The number of thiocarbonyl (C=S) groups is 1. The Morgan fingerprint density at radius 2 is 2.14 bits per heavy atom. The minimum atomic E-state index is -0.222. The molecule has 1 amide bonds. The molecule has 0 bridgehead atoms. The van der Waals surface area contributed by atoms with E-state index in [2.05, 4.69) is 34.6 Å². The molecule has 1 fully saturated rings. The Morgan fingerprint density at radius 3 is 2.81 bits per heavy atom. The zero-order valence-corrected chi connectivity index (χ0v) is 13.7. The minimum absolute atomic E-state index is 0.136. The highest BCUT2D eigenvalue weighted by Crippen LogP contribution is 2.36. The molecule has 5 heteroatoms. The molecule has 0 aromatic heterocycles. The van der Waals surface area contributed by atoms with Crippen molar-refractivity contribution in [2.24, 2.45) is 10.4 Å². The summed E-state index contributed by atoms with van der Waals surface area (Å²) in [5.41, 5.74) is 1.32. The monoisotopic (exact) mass is 322 g/mol. The van der Waals surface area contributed by atoms with E-state index in [1.807, 2.05) is 12.1 Å². The second-order valence-electron chi connectivity index (χ2n) is 5.79. The number of carbonyl (C=O) groups excluding carboxylic acids is 1. The predicted molar refractivity (Wildman–Crippen MR) is 89.2 cm³/mol. The highest BCUT2D eigenvalue weighted by Gasteiger charge is 2.34. The summed E-state index contributed by atoms with van der Waals surface area (Å²) in [6.45, 7) is 2.54. The number of nitrogens with one attached hydrogen (secondary N) is 1. The quantitative estimate of drug-likeness (QED) is 0.647. The molecule has 21 heavy (non-hydrogen) atoms. The highest BCUT2D eigenvalue weighted by molar-refractivity contribution is 7.78. The Kier molecular flexibility index (Phi) is 5.51. The Hall–Kier alpha value is -1.22. The van der Waals surface area contributed by atoms with Gasteiger partial charge in [0.1, 0.15) is 0 Å². The predicted octanol–water partition coefficient (Wildman–Crippen LogP) is 4.66. The van der Waals surface area contributed by atoms with Gasteiger partial charge in [-0.3, -0.25) is 4.79 Å². The summed E-state index contributed by atoms with van der Waals surface area (Å²) in [6, 6.07) is 5.47. The van der Waals surface area contributed by atoms with E-state index in [1.165, 1.54) is 6.42 Å². The van der Waals surface area contributed by atoms with Crippen LogP contribution in [-0.4, -0.2) is 11.1 Å². The molecule has 2 rings (SSSR count). The number of rotatable bonds is 4. The van der Waals surface area contributed by atoms with Gasteiger partial charge in [0.2, 0.25) is 5.91 Å². The Labute approximate surface area is 135 Å². The molecule has 0 atom stereocenters. The molecule has 0 heterocycles. The molecule has 1 aliphatic carbocycles. The van der Waals surface area contributed by atoms with Crippen molar-refractivity contribution in [2.45, 2.75) is 45.6 Å². The van der Waals surface area contributed by atoms with E-state index in [1.54, 1.807) is 6.07 Å². The van der Waals surface area contributed by atoms with Crippen molar-refractivity contribution in [1.82, 2.24) is 5.32 Å². The molecule has 1 aromatic rings. The largest absolute Gasteiger partial charge is 0.352 e. The Balaban J connectivity index is 2.01. The van der Waals surface area contributed by atoms with Crippen LogP contribution in [0, 0.1) is 5.41 Å². The van der Waals surface area contributed by atoms with Gasteiger partial charge >= 0.3 is 0 Å². The number of hydrogen-bond acceptors (Lipinski definition) is 3. The molecule has 1 saturated carbocycles. The second-order valence-corrected chi connectivity index (χ2v) is 6.38. The molecule has 0 spiro atoms. The molecular formula is C16H19ClN2OS. The molecule has 0 saturated heterocycles. The molecule has 0 unspecified atom stereocenters. The van der Waals surface area contributed by atoms with Crippen LogP contribution in [0.2, 0.25) is 5.02 Å². The van der Waals surface area contributed by atoms with Crippen LogP contribution in [0.5, 0.6) is 0 Å². The summed E-state index contributed by atoms with van der Waals surface area (Å²) in [7, 11) is 0. The maximum Gasteiger partial charge on any atom is 0.226 e. The van der Waals surface area contributed by atoms with E-state index < -0.39 is 0 Å². The summed E-state index contributed by atoms with van der Waals surface area (Å²) in [5.74, 6) is 0.136. The topological polar surface area (TPSA) is 41.5 Å². The Bertz CT molecular complexity index is 576. The van der Waals surface area contributed by atoms with Crippen molar-refractivity contribution >= 4 is 40.6 Å². The number of carbonyl (C=O) groups is 1. The fourth-order valence-corrected chi connectivity index (χ4v) is 3.02. The number of amides is 1. The van der Waals surface area contributed by atoms with Gasteiger partial charge in [-0.25, -0.2) is 0 Å². The van der Waals surface area contributed by atoms with Crippen molar-refractivity contribution < 1.29 is 4.79 Å². The lowest BCUT2D eigenvalue weighted by Gasteiger charge is -2.32. The summed E-state index contributed by atoms with van der Waals surface area (Å²) in [5, 5.41) is 5.87. The molecular weight excluding hydrogens is 304 g/mol. The summed E-state index contributed by atoms with van der Waals surface area (Å²) >= 11 is 10.6. The van der Waals surface area contributed by atoms with Crippen molar-refractivity contribution in [3.8, 4) is 0 Å². The van der Waals surface area contributed by atoms with Gasteiger partial charge in [0.05, 0.1) is 15.9 Å². The first-order valence-electron chi connectivity index (χ1n) is 7.20. The van der Waals surface area contributed by atoms with Gasteiger partial charge in [0.25, 0.3) is 0 Å². The van der Waals surface area contributed by atoms with Crippen LogP contribution in [-0.2, 0) is 11.3 Å². The second kappa shape index (κ2) is 7.17. The lowest BCUT2D eigenvalue weighted by molar-refractivity contribution is -0.132. The van der Waals surface area contributed by atoms with E-state index in [9.17, 15) is 4.79 Å². The highest BCUT2D eigenvalue weighted by atomic mass is 35.5. The maximum atomic E-state index is 12.4. The molecule has 1 N–H and O–H groups in total. The van der Waals surface area contributed by atoms with Gasteiger partial charge in [0, 0.05) is 12.0 Å². The number of nitrogens with zero attached hydrogens (tertiary/aromatic N) is 1. The third kappa shape index (κ3) is 4.13. The van der Waals surface area contributed by atoms with E-state index in [0.29, 0.717) is 17.3 Å². The third-order valence-electron chi connectivity index (χ3n) is 4.13. The fourth-order valence-electron chi connectivity index (χ4n) is 2.76. The van der Waals surface area contributed by atoms with Gasteiger partial charge in [-0.05, 0) is 42.8 Å². The minimum Gasteiger partial charge on any atom is -0.352 e. The lowest BCUT2D eigenvalue weighted by Crippen LogP contribution is -2.39. The first-order chi connectivity index (χ1) is 10.0. The van der Waals surface area contributed by atoms with Gasteiger partial charge in [-0.1, -0.05) is 43.9 Å². The van der Waals surface area contributed by atoms with E-state index >= 15 is 0 Å². The van der Waals surface area contributed by atoms with Crippen molar-refractivity contribution in [3.05, 3.63) is 28.8 Å². The van der Waals surface area contributed by atoms with Crippen LogP contribution in [0.4, 0.5) is 5.69 Å². The molecule has 1 aliphatic rings.